The Kier molecular flexibility index (Phi) is 8.50. The number of hydrogen-bond donors (Lipinski definition) is 0. The Labute approximate surface area is 255 Å². The van der Waals surface area contributed by atoms with Crippen molar-refractivity contribution in [2.24, 2.45) is 22.7 Å². The lowest BCUT2D eigenvalue weighted by Gasteiger charge is -2.42. The summed E-state index contributed by atoms with van der Waals surface area (Å²) < 4.78 is 20.4. The summed E-state index contributed by atoms with van der Waals surface area (Å²) in [4.78, 5) is 85.0. The molecule has 0 N–H and O–H groups in total. The molecule has 2 atom stereocenters. The zero-order valence-corrected chi connectivity index (χ0v) is 25.9. The molecule has 0 fully saturated rings. The first kappa shape index (κ1) is 32.1. The SMILES string of the molecule is COC(=O)C1=C2C=CC(C(C)C)=CC=C2[C@@](C(=O)OC)([C@]2(C(=O)OC)C(=O)C(C(=O)OC)=C3C=CC(C(C)C)=CC=C32)C1=O. The van der Waals surface area contributed by atoms with Gasteiger partial charge in [-0.2, -0.15) is 0 Å². The number of allylic oxidation sites excluding steroid dienone is 12. The van der Waals surface area contributed by atoms with E-state index in [9.17, 15) is 28.8 Å². The number of ketones is 2. The molecule has 0 aromatic carbocycles. The number of carbonyl (C=O) groups excluding carboxylic acids is 6. The summed E-state index contributed by atoms with van der Waals surface area (Å²) in [7, 11) is 4.11. The zero-order chi connectivity index (χ0) is 32.7. The molecular weight excluding hydrogens is 568 g/mol. The summed E-state index contributed by atoms with van der Waals surface area (Å²) in [6.45, 7) is 7.67. The summed E-state index contributed by atoms with van der Waals surface area (Å²) in [5.41, 5.74) is -5.70. The zero-order valence-electron chi connectivity index (χ0n) is 25.9. The first-order chi connectivity index (χ1) is 20.8. The second-order valence-corrected chi connectivity index (χ2v) is 11.2. The number of fused-ring (bicyclic) bond motifs is 2. The Morgan fingerprint density at radius 2 is 0.886 bits per heavy atom. The fourth-order valence-corrected chi connectivity index (χ4v) is 6.28. The van der Waals surface area contributed by atoms with E-state index in [2.05, 4.69) is 0 Å². The second kappa shape index (κ2) is 11.7. The number of methoxy groups -OCH3 is 4. The average molecular weight is 603 g/mol. The first-order valence-electron chi connectivity index (χ1n) is 14.0. The van der Waals surface area contributed by atoms with Gasteiger partial charge in [0.05, 0.1) is 28.4 Å². The lowest BCUT2D eigenvalue weighted by Crippen LogP contribution is -2.61. The molecule has 4 rings (SSSR count). The van der Waals surface area contributed by atoms with Gasteiger partial charge in [-0.15, -0.1) is 0 Å². The molecule has 0 amide bonds. The summed E-state index contributed by atoms with van der Waals surface area (Å²) in [6.07, 6.45) is 12.4. The van der Waals surface area contributed by atoms with E-state index in [-0.39, 0.29) is 34.1 Å². The van der Waals surface area contributed by atoms with Gasteiger partial charge >= 0.3 is 23.9 Å². The highest BCUT2D eigenvalue weighted by molar-refractivity contribution is 6.40. The fraction of sp³-hybridized carbons (Fsp3) is 0.353. The van der Waals surface area contributed by atoms with Crippen molar-refractivity contribution in [2.45, 2.75) is 27.7 Å². The van der Waals surface area contributed by atoms with Crippen LogP contribution in [0.15, 0.2) is 93.2 Å². The van der Waals surface area contributed by atoms with Crippen LogP contribution in [0.3, 0.4) is 0 Å². The number of Topliss-reactive ketones (excluding diaryl/α,β-unsaturated/α-hetero) is 2. The van der Waals surface area contributed by atoms with Crippen LogP contribution >= 0.6 is 0 Å². The van der Waals surface area contributed by atoms with Crippen LogP contribution in [0.4, 0.5) is 0 Å². The van der Waals surface area contributed by atoms with Gasteiger partial charge in [0, 0.05) is 0 Å². The van der Waals surface area contributed by atoms with Crippen LogP contribution < -0.4 is 0 Å². The second-order valence-electron chi connectivity index (χ2n) is 11.2. The van der Waals surface area contributed by atoms with Crippen LogP contribution in [0.5, 0.6) is 0 Å². The van der Waals surface area contributed by atoms with Crippen molar-refractivity contribution in [3.05, 3.63) is 93.2 Å². The van der Waals surface area contributed by atoms with E-state index >= 15 is 0 Å². The van der Waals surface area contributed by atoms with Gasteiger partial charge in [-0.25, -0.2) is 9.59 Å². The molecule has 0 aromatic rings. The van der Waals surface area contributed by atoms with Gasteiger partial charge in [-0.1, -0.05) is 76.3 Å². The minimum atomic E-state index is -2.85. The van der Waals surface area contributed by atoms with E-state index in [1.165, 1.54) is 24.3 Å². The first-order valence-corrected chi connectivity index (χ1v) is 14.0. The largest absolute Gasteiger partial charge is 0.468 e. The Hall–Kier alpha value is -4.86. The van der Waals surface area contributed by atoms with E-state index < -0.39 is 57.4 Å². The summed E-state index contributed by atoms with van der Waals surface area (Å²) in [5.74, 6) is -7.29. The van der Waals surface area contributed by atoms with Gasteiger partial charge in [0.2, 0.25) is 0 Å². The maximum atomic E-state index is 14.8. The van der Waals surface area contributed by atoms with Crippen molar-refractivity contribution in [3.8, 4) is 0 Å². The molecule has 0 aromatic heterocycles. The van der Waals surface area contributed by atoms with Crippen molar-refractivity contribution in [1.29, 1.82) is 0 Å². The number of ether oxygens (including phenoxy) is 4. The van der Waals surface area contributed by atoms with Gasteiger partial charge in [0.25, 0.3) is 0 Å². The van der Waals surface area contributed by atoms with Crippen LogP contribution in [0.25, 0.3) is 0 Å². The van der Waals surface area contributed by atoms with Crippen molar-refractivity contribution in [2.75, 3.05) is 28.4 Å². The molecule has 44 heavy (non-hydrogen) atoms. The molecule has 0 radical (unpaired) electrons. The van der Waals surface area contributed by atoms with E-state index in [0.717, 1.165) is 39.6 Å². The Balaban J connectivity index is 2.29. The van der Waals surface area contributed by atoms with Crippen LogP contribution in [0.2, 0.25) is 0 Å². The molecule has 4 aliphatic rings. The smallest absolute Gasteiger partial charge is 0.342 e. The van der Waals surface area contributed by atoms with Crippen LogP contribution in [0, 0.1) is 22.7 Å². The van der Waals surface area contributed by atoms with E-state index in [4.69, 9.17) is 18.9 Å². The lowest BCUT2D eigenvalue weighted by molar-refractivity contribution is -0.175. The maximum absolute atomic E-state index is 14.8. The van der Waals surface area contributed by atoms with Crippen molar-refractivity contribution in [3.63, 3.8) is 0 Å². The van der Waals surface area contributed by atoms with Crippen LogP contribution in [0.1, 0.15) is 27.7 Å². The predicted molar refractivity (Wildman–Crippen MR) is 157 cm³/mol. The third-order valence-electron chi connectivity index (χ3n) is 8.49. The Bertz CT molecular complexity index is 1530. The standard InChI is InChI=1S/C34H34O10/c1-17(2)19-9-13-21-23(15-11-19)33(31(39)43-7,27(35)25(21)29(37)41-5)34(32(40)44-8)24-16-12-20(18(3)4)10-14-22(24)26(28(34)36)30(38)42-6/h9-18H,1-8H3/t33-,34+. The quantitative estimate of drug-likeness (QED) is 0.184. The molecule has 10 heteroatoms. The summed E-state index contributed by atoms with van der Waals surface area (Å²) in [5, 5.41) is 0. The molecule has 0 aliphatic heterocycles. The highest BCUT2D eigenvalue weighted by atomic mass is 16.5. The Morgan fingerprint density at radius 1 is 0.545 bits per heavy atom. The molecule has 10 nitrogen and oxygen atoms in total. The van der Waals surface area contributed by atoms with E-state index in [0.29, 0.717) is 0 Å². The highest BCUT2D eigenvalue weighted by Gasteiger charge is 2.79. The Morgan fingerprint density at radius 3 is 1.16 bits per heavy atom. The van der Waals surface area contributed by atoms with E-state index in [1.807, 2.05) is 27.7 Å². The molecular formula is C34H34O10. The molecule has 0 unspecified atom stereocenters. The number of hydrogen-bond acceptors (Lipinski definition) is 10. The van der Waals surface area contributed by atoms with Crippen molar-refractivity contribution < 1.29 is 47.7 Å². The molecule has 0 saturated heterocycles. The lowest BCUT2D eigenvalue weighted by atomic mass is 9.54. The molecule has 0 spiro atoms. The summed E-state index contributed by atoms with van der Waals surface area (Å²) >= 11 is 0. The molecule has 4 aliphatic carbocycles. The maximum Gasteiger partial charge on any atom is 0.342 e. The third-order valence-corrected chi connectivity index (χ3v) is 8.49. The van der Waals surface area contributed by atoms with Gasteiger partial charge < -0.3 is 18.9 Å². The monoisotopic (exact) mass is 602 g/mol. The number of carbonyl (C=O) groups is 6. The van der Waals surface area contributed by atoms with Gasteiger partial charge in [0.15, 0.2) is 22.4 Å². The van der Waals surface area contributed by atoms with Gasteiger partial charge in [0.1, 0.15) is 11.1 Å². The molecule has 0 saturated carbocycles. The minimum Gasteiger partial charge on any atom is -0.468 e. The molecule has 230 valence electrons. The predicted octanol–water partition coefficient (Wildman–Crippen LogP) is 3.57. The van der Waals surface area contributed by atoms with E-state index in [1.54, 1.807) is 24.3 Å². The number of esters is 4. The topological polar surface area (TPSA) is 139 Å². The normalized spacial score (nSPS) is 24.2. The van der Waals surface area contributed by atoms with Crippen LogP contribution in [-0.2, 0) is 47.7 Å². The average Bonchev–Trinajstić information content (AvgIpc) is 3.18. The minimum absolute atomic E-state index is 0.0245. The highest BCUT2D eigenvalue weighted by Crippen LogP contribution is 2.65. The summed E-state index contributed by atoms with van der Waals surface area (Å²) in [6, 6.07) is 0. The third kappa shape index (κ3) is 4.15. The van der Waals surface area contributed by atoms with Crippen LogP contribution in [-0.4, -0.2) is 63.9 Å². The van der Waals surface area contributed by atoms with Gasteiger partial charge in [-0.05, 0) is 45.3 Å². The van der Waals surface area contributed by atoms with Crippen molar-refractivity contribution >= 4 is 35.4 Å². The number of rotatable bonds is 7. The molecule has 0 bridgehead atoms. The molecule has 0 heterocycles. The van der Waals surface area contributed by atoms with Crippen molar-refractivity contribution in [1.82, 2.24) is 0 Å². The van der Waals surface area contributed by atoms with Gasteiger partial charge in [-0.3, -0.25) is 19.2 Å². The fourth-order valence-electron chi connectivity index (χ4n) is 6.28.